The highest BCUT2D eigenvalue weighted by Gasteiger charge is 2.43. The summed E-state index contributed by atoms with van der Waals surface area (Å²) in [6.45, 7) is 4.62. The van der Waals surface area contributed by atoms with E-state index in [2.05, 4.69) is 17.4 Å². The lowest BCUT2D eigenvalue weighted by atomic mass is 9.91. The second kappa shape index (κ2) is 7.71. The Morgan fingerprint density at radius 1 is 1.24 bits per heavy atom. The molecule has 5 nitrogen and oxygen atoms in total. The number of hydrogen-bond donors (Lipinski definition) is 1. The third kappa shape index (κ3) is 3.71. The number of ether oxygens (including phenoxy) is 1. The van der Waals surface area contributed by atoms with E-state index in [1.807, 2.05) is 32.0 Å². The number of rotatable bonds is 3. The molecule has 2 amide bonds. The van der Waals surface area contributed by atoms with Crippen molar-refractivity contribution in [3.8, 4) is 5.75 Å². The van der Waals surface area contributed by atoms with Gasteiger partial charge in [-0.1, -0.05) is 41.4 Å². The maximum absolute atomic E-state index is 13.3. The van der Waals surface area contributed by atoms with Gasteiger partial charge in [-0.05, 0) is 37.1 Å². The quantitative estimate of drug-likeness (QED) is 0.825. The Hall–Kier alpha value is -2.53. The zero-order chi connectivity index (χ0) is 20.7. The van der Waals surface area contributed by atoms with Crippen LogP contribution in [0, 0.1) is 19.8 Å². The Balaban J connectivity index is 1.61. The highest BCUT2D eigenvalue weighted by Crippen LogP contribution is 2.40. The van der Waals surface area contributed by atoms with E-state index in [1.165, 1.54) is 0 Å². The molecule has 152 valence electrons. The molecule has 0 spiro atoms. The first-order chi connectivity index (χ1) is 13.8. The van der Waals surface area contributed by atoms with Crippen LogP contribution in [0.4, 0.5) is 0 Å². The number of amides is 2. The van der Waals surface area contributed by atoms with Gasteiger partial charge in [-0.25, -0.2) is 0 Å². The van der Waals surface area contributed by atoms with Crippen molar-refractivity contribution in [2.45, 2.75) is 38.8 Å². The highest BCUT2D eigenvalue weighted by molar-refractivity contribution is 6.30. The predicted octanol–water partition coefficient (Wildman–Crippen LogP) is 4.12. The maximum Gasteiger partial charge on any atom is 0.226 e. The van der Waals surface area contributed by atoms with Crippen LogP contribution in [0.5, 0.6) is 5.75 Å². The van der Waals surface area contributed by atoms with E-state index in [4.69, 9.17) is 16.3 Å². The number of nitrogens with one attached hydrogen (secondary N) is 1. The van der Waals surface area contributed by atoms with Crippen LogP contribution in [0.2, 0.25) is 5.02 Å². The Bertz CT molecular complexity index is 975. The van der Waals surface area contributed by atoms with Crippen molar-refractivity contribution < 1.29 is 14.3 Å². The number of fused-ring (bicyclic) bond motifs is 1. The summed E-state index contributed by atoms with van der Waals surface area (Å²) in [5.74, 6) is 0.264. The summed E-state index contributed by atoms with van der Waals surface area (Å²) in [6, 6.07) is 11.1. The van der Waals surface area contributed by atoms with Crippen LogP contribution in [0.3, 0.4) is 0 Å². The summed E-state index contributed by atoms with van der Waals surface area (Å²) in [5.41, 5.74) is 4.11. The molecule has 0 aromatic heterocycles. The summed E-state index contributed by atoms with van der Waals surface area (Å²) in [4.78, 5) is 27.4. The first-order valence-electron chi connectivity index (χ1n) is 9.90. The molecule has 6 heteroatoms. The number of benzene rings is 2. The first-order valence-corrected chi connectivity index (χ1v) is 10.3. The minimum absolute atomic E-state index is 0.0332. The molecule has 1 saturated heterocycles. The molecule has 2 aliphatic heterocycles. The zero-order valence-electron chi connectivity index (χ0n) is 16.9. The van der Waals surface area contributed by atoms with Crippen LogP contribution < -0.4 is 10.1 Å². The maximum atomic E-state index is 13.3. The molecule has 2 aromatic carbocycles. The van der Waals surface area contributed by atoms with Crippen molar-refractivity contribution in [1.29, 1.82) is 0 Å². The fourth-order valence-electron chi connectivity index (χ4n) is 4.56. The van der Waals surface area contributed by atoms with Crippen LogP contribution in [-0.4, -0.2) is 30.4 Å². The topological polar surface area (TPSA) is 58.6 Å². The van der Waals surface area contributed by atoms with Gasteiger partial charge in [0.05, 0.1) is 24.6 Å². The van der Waals surface area contributed by atoms with Gasteiger partial charge in [0.15, 0.2) is 0 Å². The fraction of sp³-hybridized carbons (Fsp3) is 0.391. The summed E-state index contributed by atoms with van der Waals surface area (Å²) >= 11 is 6.16. The Morgan fingerprint density at radius 3 is 2.79 bits per heavy atom. The molecule has 0 saturated carbocycles. The summed E-state index contributed by atoms with van der Waals surface area (Å²) < 4.78 is 5.86. The van der Waals surface area contributed by atoms with Gasteiger partial charge < -0.3 is 15.0 Å². The lowest BCUT2D eigenvalue weighted by Crippen LogP contribution is -2.38. The summed E-state index contributed by atoms with van der Waals surface area (Å²) in [7, 11) is 1.75. The van der Waals surface area contributed by atoms with E-state index in [9.17, 15) is 9.59 Å². The van der Waals surface area contributed by atoms with E-state index in [1.54, 1.807) is 18.0 Å². The molecule has 0 bridgehead atoms. The average molecular weight is 413 g/mol. The monoisotopic (exact) mass is 412 g/mol. The zero-order valence-corrected chi connectivity index (χ0v) is 17.6. The van der Waals surface area contributed by atoms with Crippen LogP contribution in [0.1, 0.15) is 47.2 Å². The summed E-state index contributed by atoms with van der Waals surface area (Å²) in [5, 5.41) is 3.79. The van der Waals surface area contributed by atoms with Crippen molar-refractivity contribution in [3.05, 3.63) is 63.7 Å². The largest absolute Gasteiger partial charge is 0.493 e. The highest BCUT2D eigenvalue weighted by atomic mass is 35.5. The third-order valence-electron chi connectivity index (χ3n) is 5.91. The molecule has 0 aliphatic carbocycles. The number of nitrogens with zero attached hydrogens (tertiary/aromatic N) is 1. The van der Waals surface area contributed by atoms with Gasteiger partial charge in [0.25, 0.3) is 0 Å². The van der Waals surface area contributed by atoms with Gasteiger partial charge in [0.1, 0.15) is 5.75 Å². The Labute approximate surface area is 176 Å². The van der Waals surface area contributed by atoms with Crippen molar-refractivity contribution in [3.63, 3.8) is 0 Å². The SMILES string of the molecule is Cc1cc(C)c2c(c1)[C@H](NC(=O)[C@H]1CC(=O)N(C)[C@@H]1c1cccc(Cl)c1)CCO2. The summed E-state index contributed by atoms with van der Waals surface area (Å²) in [6.07, 6.45) is 0.905. The molecule has 2 heterocycles. The van der Waals surface area contributed by atoms with Crippen molar-refractivity contribution >= 4 is 23.4 Å². The molecule has 4 rings (SSSR count). The van der Waals surface area contributed by atoms with Gasteiger partial charge >= 0.3 is 0 Å². The van der Waals surface area contributed by atoms with Crippen LogP contribution in [0.25, 0.3) is 0 Å². The van der Waals surface area contributed by atoms with Crippen molar-refractivity contribution in [2.75, 3.05) is 13.7 Å². The fourth-order valence-corrected chi connectivity index (χ4v) is 4.76. The normalized spacial score (nSPS) is 23.5. The van der Waals surface area contributed by atoms with Gasteiger partial charge in [-0.2, -0.15) is 0 Å². The van der Waals surface area contributed by atoms with Gasteiger partial charge in [-0.3, -0.25) is 9.59 Å². The minimum atomic E-state index is -0.455. The number of carbonyl (C=O) groups is 2. The average Bonchev–Trinajstić information content (AvgIpc) is 2.97. The molecule has 29 heavy (non-hydrogen) atoms. The van der Waals surface area contributed by atoms with Crippen LogP contribution in [-0.2, 0) is 9.59 Å². The standard InChI is InChI=1S/C23H25ClN2O3/c1-13-9-14(2)22-17(10-13)19(7-8-29-22)25-23(28)18-12-20(27)26(3)21(18)15-5-4-6-16(24)11-15/h4-6,9-11,18-19,21H,7-8,12H2,1-3H3,(H,25,28)/t18-,19+,21+/m0/s1. The molecular formula is C23H25ClN2O3. The molecule has 2 aliphatic rings. The van der Waals surface area contributed by atoms with Gasteiger partial charge in [-0.15, -0.1) is 0 Å². The molecule has 0 radical (unpaired) electrons. The van der Waals surface area contributed by atoms with Gasteiger partial charge in [0, 0.05) is 30.5 Å². The van der Waals surface area contributed by atoms with Crippen molar-refractivity contribution in [1.82, 2.24) is 10.2 Å². The van der Waals surface area contributed by atoms with Gasteiger partial charge in [0.2, 0.25) is 11.8 Å². The lowest BCUT2D eigenvalue weighted by Gasteiger charge is -2.31. The van der Waals surface area contributed by atoms with E-state index in [0.717, 1.165) is 28.0 Å². The molecular weight excluding hydrogens is 388 g/mol. The number of carbonyl (C=O) groups excluding carboxylic acids is 2. The van der Waals surface area contributed by atoms with Crippen molar-refractivity contribution in [2.24, 2.45) is 5.92 Å². The predicted molar refractivity (Wildman–Crippen MR) is 112 cm³/mol. The van der Waals surface area contributed by atoms with E-state index in [-0.39, 0.29) is 30.3 Å². The molecule has 3 atom stereocenters. The molecule has 1 fully saturated rings. The van der Waals surface area contributed by atoms with E-state index >= 15 is 0 Å². The molecule has 2 aromatic rings. The lowest BCUT2D eigenvalue weighted by molar-refractivity contribution is -0.128. The second-order valence-corrected chi connectivity index (χ2v) is 8.45. The third-order valence-corrected chi connectivity index (χ3v) is 6.14. The number of likely N-dealkylation sites (tertiary alicyclic amines) is 1. The van der Waals surface area contributed by atoms with E-state index < -0.39 is 5.92 Å². The van der Waals surface area contributed by atoms with Crippen LogP contribution in [0.15, 0.2) is 36.4 Å². The number of hydrogen-bond acceptors (Lipinski definition) is 3. The molecule has 0 unspecified atom stereocenters. The van der Waals surface area contributed by atoms with Crippen LogP contribution >= 0.6 is 11.6 Å². The minimum Gasteiger partial charge on any atom is -0.493 e. The Kier molecular flexibility index (Phi) is 5.26. The smallest absolute Gasteiger partial charge is 0.226 e. The number of aryl methyl sites for hydroxylation is 2. The second-order valence-electron chi connectivity index (χ2n) is 8.01. The van der Waals surface area contributed by atoms with E-state index in [0.29, 0.717) is 18.1 Å². The molecule has 1 N–H and O–H groups in total. The number of halogens is 1. The Morgan fingerprint density at radius 2 is 2.03 bits per heavy atom. The first kappa shape index (κ1) is 19.8.